The summed E-state index contributed by atoms with van der Waals surface area (Å²) in [7, 11) is 0. The molecule has 1 aromatic carbocycles. The highest BCUT2D eigenvalue weighted by atomic mass is 16.3. The number of aliphatic hydroxyl groups is 1. The lowest BCUT2D eigenvalue weighted by Gasteiger charge is -2.06. The van der Waals surface area contributed by atoms with Crippen molar-refractivity contribution in [1.29, 1.82) is 0 Å². The Hall–Kier alpha value is -1.88. The van der Waals surface area contributed by atoms with Crippen LogP contribution in [0.5, 0.6) is 0 Å². The summed E-state index contributed by atoms with van der Waals surface area (Å²) in [6, 6.07) is 6.69. The fraction of sp³-hybridized carbons (Fsp3) is 0.333. The number of hydrogen-bond acceptors (Lipinski definition) is 3. The minimum atomic E-state index is -0.217. The Bertz CT molecular complexity index is 404. The summed E-state index contributed by atoms with van der Waals surface area (Å²) in [4.78, 5) is 22.5. The summed E-state index contributed by atoms with van der Waals surface area (Å²) in [6.45, 7) is 1.89. The molecule has 0 aliphatic rings. The molecule has 0 bridgehead atoms. The van der Waals surface area contributed by atoms with Crippen LogP contribution in [0.3, 0.4) is 0 Å². The van der Waals surface area contributed by atoms with Crippen molar-refractivity contribution in [2.75, 3.05) is 18.5 Å². The van der Waals surface area contributed by atoms with Crippen LogP contribution in [-0.2, 0) is 4.79 Å². The number of carbonyl (C=O) groups is 2. The van der Waals surface area contributed by atoms with Gasteiger partial charge in [0.15, 0.2) is 0 Å². The molecule has 1 aromatic rings. The summed E-state index contributed by atoms with van der Waals surface area (Å²) >= 11 is 0. The molecule has 3 N–H and O–H groups in total. The lowest BCUT2D eigenvalue weighted by atomic mass is 10.2. The second-order valence-electron chi connectivity index (χ2n) is 3.60. The molecule has 1 rings (SSSR count). The maximum atomic E-state index is 11.7. The molecule has 5 nitrogen and oxygen atoms in total. The zero-order valence-corrected chi connectivity index (χ0v) is 9.69. The highest BCUT2D eigenvalue weighted by Crippen LogP contribution is 2.10. The maximum absolute atomic E-state index is 11.7. The van der Waals surface area contributed by atoms with E-state index in [1.807, 2.05) is 0 Å². The highest BCUT2D eigenvalue weighted by molar-refractivity contribution is 5.96. The lowest BCUT2D eigenvalue weighted by Crippen LogP contribution is -2.25. The largest absolute Gasteiger partial charge is 0.396 e. The molecule has 0 aromatic heterocycles. The minimum absolute atomic E-state index is 0.0478. The first-order chi connectivity index (χ1) is 8.13. The molecule has 2 amide bonds. The molecule has 0 atom stereocenters. The summed E-state index contributed by atoms with van der Waals surface area (Å²) in [6.07, 6.45) is 0.525. The topological polar surface area (TPSA) is 78.4 Å². The number of aliphatic hydroxyl groups excluding tert-OH is 1. The van der Waals surface area contributed by atoms with Gasteiger partial charge in [0.25, 0.3) is 5.91 Å². The van der Waals surface area contributed by atoms with E-state index in [1.54, 1.807) is 24.3 Å². The van der Waals surface area contributed by atoms with E-state index in [9.17, 15) is 9.59 Å². The highest BCUT2D eigenvalue weighted by Gasteiger charge is 2.05. The molecule has 0 heterocycles. The van der Waals surface area contributed by atoms with Crippen molar-refractivity contribution >= 4 is 17.5 Å². The second kappa shape index (κ2) is 6.65. The molecule has 5 heteroatoms. The van der Waals surface area contributed by atoms with Crippen molar-refractivity contribution in [3.8, 4) is 0 Å². The van der Waals surface area contributed by atoms with Crippen molar-refractivity contribution in [2.45, 2.75) is 13.3 Å². The van der Waals surface area contributed by atoms with Crippen molar-refractivity contribution in [3.63, 3.8) is 0 Å². The van der Waals surface area contributed by atoms with Crippen molar-refractivity contribution < 1.29 is 14.7 Å². The molecule has 0 fully saturated rings. The first-order valence-corrected chi connectivity index (χ1v) is 5.40. The Labute approximate surface area is 99.8 Å². The monoisotopic (exact) mass is 236 g/mol. The summed E-state index contributed by atoms with van der Waals surface area (Å²) < 4.78 is 0. The van der Waals surface area contributed by atoms with E-state index < -0.39 is 0 Å². The van der Waals surface area contributed by atoms with Gasteiger partial charge in [0.1, 0.15) is 0 Å². The summed E-state index contributed by atoms with van der Waals surface area (Å²) in [5.74, 6) is -0.395. The normalized spacial score (nSPS) is 9.76. The molecular weight excluding hydrogens is 220 g/mol. The smallest absolute Gasteiger partial charge is 0.251 e. The Balaban J connectivity index is 2.63. The van der Waals surface area contributed by atoms with Gasteiger partial charge >= 0.3 is 0 Å². The standard InChI is InChI=1S/C12H16N2O3/c1-9(16)14-11-5-2-4-10(8-11)12(17)13-6-3-7-15/h2,4-5,8,15H,3,6-7H2,1H3,(H,13,17)(H,14,16). The third-order valence-electron chi connectivity index (χ3n) is 2.07. The van der Waals surface area contributed by atoms with E-state index in [2.05, 4.69) is 10.6 Å². The quantitative estimate of drug-likeness (QED) is 0.660. The lowest BCUT2D eigenvalue weighted by molar-refractivity contribution is -0.114. The van der Waals surface area contributed by atoms with Crippen LogP contribution in [0.1, 0.15) is 23.7 Å². The molecule has 92 valence electrons. The van der Waals surface area contributed by atoms with Crippen LogP contribution in [0, 0.1) is 0 Å². The van der Waals surface area contributed by atoms with E-state index in [1.165, 1.54) is 6.92 Å². The Morgan fingerprint density at radius 2 is 2.12 bits per heavy atom. The van der Waals surface area contributed by atoms with Gasteiger partial charge in [-0.1, -0.05) is 6.07 Å². The van der Waals surface area contributed by atoms with Gasteiger partial charge in [-0.15, -0.1) is 0 Å². The van der Waals surface area contributed by atoms with Gasteiger partial charge in [0.05, 0.1) is 0 Å². The van der Waals surface area contributed by atoms with Crippen molar-refractivity contribution in [2.24, 2.45) is 0 Å². The molecule has 0 saturated heterocycles. The number of hydrogen-bond donors (Lipinski definition) is 3. The van der Waals surface area contributed by atoms with E-state index >= 15 is 0 Å². The average Bonchev–Trinajstić information content (AvgIpc) is 2.28. The molecule has 0 aliphatic heterocycles. The van der Waals surface area contributed by atoms with Crippen molar-refractivity contribution in [1.82, 2.24) is 5.32 Å². The number of carbonyl (C=O) groups excluding carboxylic acids is 2. The number of anilines is 1. The third-order valence-corrected chi connectivity index (χ3v) is 2.07. The van der Waals surface area contributed by atoms with E-state index in [-0.39, 0.29) is 18.4 Å². The Morgan fingerprint density at radius 1 is 1.35 bits per heavy atom. The second-order valence-corrected chi connectivity index (χ2v) is 3.60. The SMILES string of the molecule is CC(=O)Nc1cccc(C(=O)NCCCO)c1. The van der Waals surface area contributed by atoms with E-state index in [0.717, 1.165) is 0 Å². The van der Waals surface area contributed by atoms with Crippen LogP contribution in [0.4, 0.5) is 5.69 Å². The third kappa shape index (κ3) is 4.65. The number of benzene rings is 1. The molecular formula is C12H16N2O3. The number of nitrogens with one attached hydrogen (secondary N) is 2. The fourth-order valence-electron chi connectivity index (χ4n) is 1.32. The van der Waals surface area contributed by atoms with Crippen LogP contribution in [0.2, 0.25) is 0 Å². The maximum Gasteiger partial charge on any atom is 0.251 e. The Morgan fingerprint density at radius 3 is 2.76 bits per heavy atom. The minimum Gasteiger partial charge on any atom is -0.396 e. The van der Waals surface area contributed by atoms with Gasteiger partial charge in [-0.2, -0.15) is 0 Å². The van der Waals surface area contributed by atoms with Crippen LogP contribution in [0.15, 0.2) is 24.3 Å². The first-order valence-electron chi connectivity index (χ1n) is 5.40. The van der Waals surface area contributed by atoms with Gasteiger partial charge in [0.2, 0.25) is 5.91 Å². The summed E-state index contributed by atoms with van der Waals surface area (Å²) in [5, 5.41) is 13.9. The zero-order chi connectivity index (χ0) is 12.7. The molecule has 0 saturated carbocycles. The van der Waals surface area contributed by atoms with Gasteiger partial charge in [-0.25, -0.2) is 0 Å². The Kier molecular flexibility index (Phi) is 5.16. The van der Waals surface area contributed by atoms with Gasteiger partial charge in [0, 0.05) is 31.3 Å². The summed E-state index contributed by atoms with van der Waals surface area (Å²) in [5.41, 5.74) is 1.07. The average molecular weight is 236 g/mol. The molecule has 0 aliphatic carbocycles. The number of amides is 2. The van der Waals surface area contributed by atoms with Crippen molar-refractivity contribution in [3.05, 3.63) is 29.8 Å². The van der Waals surface area contributed by atoms with Crippen LogP contribution < -0.4 is 10.6 Å². The van der Waals surface area contributed by atoms with E-state index in [4.69, 9.17) is 5.11 Å². The molecule has 17 heavy (non-hydrogen) atoms. The predicted octanol–water partition coefficient (Wildman–Crippen LogP) is 0.757. The van der Waals surface area contributed by atoms with Crippen LogP contribution in [0.25, 0.3) is 0 Å². The van der Waals surface area contributed by atoms with Gasteiger partial charge < -0.3 is 15.7 Å². The first kappa shape index (κ1) is 13.2. The van der Waals surface area contributed by atoms with Crippen LogP contribution in [-0.4, -0.2) is 30.1 Å². The van der Waals surface area contributed by atoms with Crippen LogP contribution >= 0.6 is 0 Å². The van der Waals surface area contributed by atoms with Gasteiger partial charge in [-0.3, -0.25) is 9.59 Å². The molecule has 0 radical (unpaired) electrons. The molecule has 0 unspecified atom stereocenters. The molecule has 0 spiro atoms. The zero-order valence-electron chi connectivity index (χ0n) is 9.69. The van der Waals surface area contributed by atoms with E-state index in [0.29, 0.717) is 24.2 Å². The van der Waals surface area contributed by atoms with Gasteiger partial charge in [-0.05, 0) is 24.6 Å². The fourth-order valence-corrected chi connectivity index (χ4v) is 1.32. The predicted molar refractivity (Wildman–Crippen MR) is 64.8 cm³/mol. The number of rotatable bonds is 5.